The molecule has 0 radical (unpaired) electrons. The lowest BCUT2D eigenvalue weighted by atomic mass is 10.2. The van der Waals surface area contributed by atoms with Gasteiger partial charge in [0.2, 0.25) is 5.95 Å². The Labute approximate surface area is 130 Å². The van der Waals surface area contributed by atoms with Gasteiger partial charge in [0.25, 0.3) is 0 Å². The maximum Gasteiger partial charge on any atom is 0.224 e. The Hall–Kier alpha value is -2.17. The highest BCUT2D eigenvalue weighted by molar-refractivity contribution is 5.42. The molecular weight excluding hydrogens is 279 g/mol. The highest BCUT2D eigenvalue weighted by atomic mass is 19.1. The van der Waals surface area contributed by atoms with Gasteiger partial charge in [-0.2, -0.15) is 4.98 Å². The van der Waals surface area contributed by atoms with Gasteiger partial charge in [-0.15, -0.1) is 0 Å². The Morgan fingerprint density at radius 2 is 1.73 bits per heavy atom. The first-order chi connectivity index (χ1) is 10.8. The van der Waals surface area contributed by atoms with E-state index in [1.165, 1.54) is 37.8 Å². The van der Waals surface area contributed by atoms with Gasteiger partial charge in [0.05, 0.1) is 0 Å². The van der Waals surface area contributed by atoms with Gasteiger partial charge in [-0.1, -0.05) is 25.0 Å². The first kappa shape index (κ1) is 14.8. The number of nitrogens with one attached hydrogen (secondary N) is 1. The number of aromatic nitrogens is 2. The summed E-state index contributed by atoms with van der Waals surface area (Å²) in [6.07, 6.45) is 6.85. The van der Waals surface area contributed by atoms with E-state index in [0.29, 0.717) is 12.5 Å². The van der Waals surface area contributed by atoms with E-state index in [4.69, 9.17) is 0 Å². The fourth-order valence-corrected chi connectivity index (χ4v) is 2.69. The molecule has 1 fully saturated rings. The number of hydrogen-bond donors (Lipinski definition) is 1. The van der Waals surface area contributed by atoms with Crippen LogP contribution in [0.5, 0.6) is 0 Å². The van der Waals surface area contributed by atoms with Crippen LogP contribution in [0.3, 0.4) is 0 Å². The Kier molecular flexibility index (Phi) is 4.83. The van der Waals surface area contributed by atoms with Crippen molar-refractivity contribution in [1.29, 1.82) is 0 Å². The zero-order chi connectivity index (χ0) is 15.2. The van der Waals surface area contributed by atoms with Crippen molar-refractivity contribution in [1.82, 2.24) is 9.97 Å². The molecule has 1 aliphatic rings. The maximum absolute atomic E-state index is 12.9. The molecule has 0 spiro atoms. The average molecular weight is 300 g/mol. The summed E-state index contributed by atoms with van der Waals surface area (Å²) in [7, 11) is 0. The zero-order valence-electron chi connectivity index (χ0n) is 12.6. The first-order valence-electron chi connectivity index (χ1n) is 7.87. The van der Waals surface area contributed by atoms with Gasteiger partial charge in [-0.3, -0.25) is 0 Å². The van der Waals surface area contributed by atoms with E-state index in [0.717, 1.165) is 24.5 Å². The van der Waals surface area contributed by atoms with Crippen molar-refractivity contribution in [3.05, 3.63) is 47.9 Å². The van der Waals surface area contributed by atoms with E-state index in [-0.39, 0.29) is 5.82 Å². The van der Waals surface area contributed by atoms with E-state index in [1.54, 1.807) is 18.3 Å². The first-order valence-corrected chi connectivity index (χ1v) is 7.87. The maximum atomic E-state index is 12.9. The smallest absolute Gasteiger partial charge is 0.224 e. The van der Waals surface area contributed by atoms with Crippen LogP contribution in [0.1, 0.15) is 31.2 Å². The summed E-state index contributed by atoms with van der Waals surface area (Å²) in [4.78, 5) is 11.2. The normalized spacial score (nSPS) is 15.4. The standard InChI is InChI=1S/C17H21FN4/c18-15-7-5-14(6-8-15)13-20-17-19-10-9-16(21-17)22-11-3-1-2-4-12-22/h5-10H,1-4,11-13H2,(H,19,20,21). The highest BCUT2D eigenvalue weighted by Crippen LogP contribution is 2.18. The average Bonchev–Trinajstić information content (AvgIpc) is 2.84. The largest absolute Gasteiger partial charge is 0.356 e. The van der Waals surface area contributed by atoms with Crippen molar-refractivity contribution in [3.8, 4) is 0 Å². The molecule has 2 aromatic rings. The van der Waals surface area contributed by atoms with Crippen LogP contribution < -0.4 is 10.2 Å². The number of rotatable bonds is 4. The third kappa shape index (κ3) is 3.93. The van der Waals surface area contributed by atoms with Gasteiger partial charge in [0, 0.05) is 25.8 Å². The topological polar surface area (TPSA) is 41.1 Å². The fraction of sp³-hybridized carbons (Fsp3) is 0.412. The van der Waals surface area contributed by atoms with E-state index in [9.17, 15) is 4.39 Å². The van der Waals surface area contributed by atoms with Crippen molar-refractivity contribution in [2.45, 2.75) is 32.2 Å². The van der Waals surface area contributed by atoms with E-state index >= 15 is 0 Å². The molecule has 0 unspecified atom stereocenters. The fourth-order valence-electron chi connectivity index (χ4n) is 2.69. The van der Waals surface area contributed by atoms with Gasteiger partial charge in [0.1, 0.15) is 11.6 Å². The number of benzene rings is 1. The molecule has 2 heterocycles. The second-order valence-electron chi connectivity index (χ2n) is 5.62. The van der Waals surface area contributed by atoms with Crippen molar-refractivity contribution >= 4 is 11.8 Å². The lowest BCUT2D eigenvalue weighted by molar-refractivity contribution is 0.627. The van der Waals surface area contributed by atoms with Gasteiger partial charge in [-0.05, 0) is 36.6 Å². The molecule has 0 atom stereocenters. The summed E-state index contributed by atoms with van der Waals surface area (Å²) in [5.41, 5.74) is 1.00. The quantitative estimate of drug-likeness (QED) is 0.936. The van der Waals surface area contributed by atoms with E-state index in [1.807, 2.05) is 6.07 Å². The molecule has 22 heavy (non-hydrogen) atoms. The Balaban J connectivity index is 1.64. The Morgan fingerprint density at radius 3 is 2.45 bits per heavy atom. The van der Waals surface area contributed by atoms with Crippen LogP contribution in [0.4, 0.5) is 16.2 Å². The zero-order valence-corrected chi connectivity index (χ0v) is 12.6. The van der Waals surface area contributed by atoms with E-state index < -0.39 is 0 Å². The summed E-state index contributed by atoms with van der Waals surface area (Å²) in [6.45, 7) is 2.71. The van der Waals surface area contributed by atoms with Crippen LogP contribution in [0.25, 0.3) is 0 Å². The van der Waals surface area contributed by atoms with Gasteiger partial charge < -0.3 is 10.2 Å². The summed E-state index contributed by atoms with van der Waals surface area (Å²) in [5.74, 6) is 1.38. The molecule has 0 amide bonds. The summed E-state index contributed by atoms with van der Waals surface area (Å²) in [6, 6.07) is 8.42. The number of nitrogens with zero attached hydrogens (tertiary/aromatic N) is 3. The molecule has 0 aliphatic carbocycles. The molecule has 0 saturated carbocycles. The Bertz CT molecular complexity index is 592. The molecule has 1 aliphatic heterocycles. The molecule has 1 saturated heterocycles. The van der Waals surface area contributed by atoms with Crippen LogP contribution in [0.2, 0.25) is 0 Å². The van der Waals surface area contributed by atoms with Crippen molar-refractivity contribution in [3.63, 3.8) is 0 Å². The monoisotopic (exact) mass is 300 g/mol. The number of hydrogen-bond acceptors (Lipinski definition) is 4. The van der Waals surface area contributed by atoms with Crippen LogP contribution in [-0.2, 0) is 6.54 Å². The number of anilines is 2. The molecule has 116 valence electrons. The lowest BCUT2D eigenvalue weighted by Crippen LogP contribution is -2.25. The van der Waals surface area contributed by atoms with Gasteiger partial charge in [-0.25, -0.2) is 9.37 Å². The molecule has 1 N–H and O–H groups in total. The van der Waals surface area contributed by atoms with Gasteiger partial charge in [0.15, 0.2) is 0 Å². The molecule has 3 rings (SSSR count). The summed E-state index contributed by atoms with van der Waals surface area (Å²) in [5, 5.41) is 3.20. The SMILES string of the molecule is Fc1ccc(CNc2nccc(N3CCCCCC3)n2)cc1. The third-order valence-electron chi connectivity index (χ3n) is 3.93. The summed E-state index contributed by atoms with van der Waals surface area (Å²) >= 11 is 0. The van der Waals surface area contributed by atoms with Crippen molar-refractivity contribution in [2.75, 3.05) is 23.3 Å². The minimum absolute atomic E-state index is 0.219. The molecular formula is C17H21FN4. The minimum atomic E-state index is -0.219. The van der Waals surface area contributed by atoms with Crippen LogP contribution in [0.15, 0.2) is 36.5 Å². The van der Waals surface area contributed by atoms with Crippen LogP contribution in [-0.4, -0.2) is 23.1 Å². The Morgan fingerprint density at radius 1 is 1.00 bits per heavy atom. The van der Waals surface area contributed by atoms with Crippen LogP contribution in [0, 0.1) is 5.82 Å². The highest BCUT2D eigenvalue weighted by Gasteiger charge is 2.11. The van der Waals surface area contributed by atoms with Crippen LogP contribution >= 0.6 is 0 Å². The number of halogens is 1. The second kappa shape index (κ2) is 7.20. The van der Waals surface area contributed by atoms with Gasteiger partial charge >= 0.3 is 0 Å². The van der Waals surface area contributed by atoms with E-state index in [2.05, 4.69) is 20.2 Å². The lowest BCUT2D eigenvalue weighted by Gasteiger charge is -2.21. The molecule has 1 aromatic carbocycles. The minimum Gasteiger partial charge on any atom is -0.356 e. The van der Waals surface area contributed by atoms with Crippen molar-refractivity contribution in [2.24, 2.45) is 0 Å². The van der Waals surface area contributed by atoms with Crippen molar-refractivity contribution < 1.29 is 4.39 Å². The summed E-state index contributed by atoms with van der Waals surface area (Å²) < 4.78 is 12.9. The predicted octanol–water partition coefficient (Wildman–Crippen LogP) is 3.61. The predicted molar refractivity (Wildman–Crippen MR) is 86.4 cm³/mol. The molecule has 4 nitrogen and oxygen atoms in total. The molecule has 1 aromatic heterocycles. The third-order valence-corrected chi connectivity index (χ3v) is 3.93. The molecule has 0 bridgehead atoms. The molecule has 5 heteroatoms. The second-order valence-corrected chi connectivity index (χ2v) is 5.62.